The first kappa shape index (κ1) is 13.0. The van der Waals surface area contributed by atoms with Crippen molar-refractivity contribution in [3.05, 3.63) is 84.2 Å². The maximum absolute atomic E-state index is 6.04. The molecule has 1 aliphatic rings. The van der Waals surface area contributed by atoms with Crippen molar-refractivity contribution < 1.29 is 9.05 Å². The molecule has 0 heterocycles. The average molecular weight is 282 g/mol. The van der Waals surface area contributed by atoms with Crippen LogP contribution in [0.4, 0.5) is 0 Å². The summed E-state index contributed by atoms with van der Waals surface area (Å²) in [4.78, 5) is 0. The van der Waals surface area contributed by atoms with E-state index in [1.807, 2.05) is 66.7 Å². The Morgan fingerprint density at radius 3 is 1.75 bits per heavy atom. The van der Waals surface area contributed by atoms with Crippen molar-refractivity contribution in [3.8, 4) is 11.5 Å². The zero-order chi connectivity index (χ0) is 13.6. The standard InChI is InChI=1S/C17H15O2P/c1-3-9-15(10-4-1)18-20(17-13-7-8-14-17)19-16-11-5-2-6-12-16/h1-13H,14H2. The van der Waals surface area contributed by atoms with Crippen LogP contribution in [0.5, 0.6) is 11.5 Å². The summed E-state index contributed by atoms with van der Waals surface area (Å²) in [6, 6.07) is 19.6. The molecule has 2 nitrogen and oxygen atoms in total. The van der Waals surface area contributed by atoms with Gasteiger partial charge in [0.1, 0.15) is 11.5 Å². The highest BCUT2D eigenvalue weighted by molar-refractivity contribution is 7.52. The smallest absolute Gasteiger partial charge is 0.322 e. The third-order valence-corrected chi connectivity index (χ3v) is 4.40. The van der Waals surface area contributed by atoms with Gasteiger partial charge in [-0.15, -0.1) is 0 Å². The fourth-order valence-electron chi connectivity index (χ4n) is 1.86. The van der Waals surface area contributed by atoms with E-state index in [0.29, 0.717) is 0 Å². The molecule has 1 aliphatic carbocycles. The van der Waals surface area contributed by atoms with Gasteiger partial charge in [-0.2, -0.15) is 0 Å². The van der Waals surface area contributed by atoms with Gasteiger partial charge in [-0.1, -0.05) is 54.6 Å². The van der Waals surface area contributed by atoms with Gasteiger partial charge in [0.15, 0.2) is 0 Å². The molecule has 3 rings (SSSR count). The van der Waals surface area contributed by atoms with Gasteiger partial charge in [0.05, 0.1) is 0 Å². The molecule has 0 radical (unpaired) electrons. The van der Waals surface area contributed by atoms with Crippen molar-refractivity contribution in [2.75, 3.05) is 0 Å². The lowest BCUT2D eigenvalue weighted by Crippen LogP contribution is -1.97. The molecular formula is C17H15O2P. The van der Waals surface area contributed by atoms with Crippen LogP contribution in [0.25, 0.3) is 0 Å². The molecule has 0 aliphatic heterocycles. The summed E-state index contributed by atoms with van der Waals surface area (Å²) < 4.78 is 12.1. The summed E-state index contributed by atoms with van der Waals surface area (Å²) in [6.45, 7) is 0. The first-order valence-corrected chi connectivity index (χ1v) is 7.71. The van der Waals surface area contributed by atoms with E-state index in [9.17, 15) is 0 Å². The average Bonchev–Trinajstić information content (AvgIpc) is 3.03. The van der Waals surface area contributed by atoms with E-state index in [1.165, 1.54) is 5.31 Å². The fraction of sp³-hybridized carbons (Fsp3) is 0.0588. The van der Waals surface area contributed by atoms with Gasteiger partial charge >= 0.3 is 8.38 Å². The number of para-hydroxylation sites is 2. The Hall–Kier alpha value is -2.05. The molecule has 0 amide bonds. The van der Waals surface area contributed by atoms with Gasteiger partial charge in [0, 0.05) is 5.31 Å². The molecule has 20 heavy (non-hydrogen) atoms. The molecular weight excluding hydrogens is 267 g/mol. The molecule has 0 saturated carbocycles. The summed E-state index contributed by atoms with van der Waals surface area (Å²) >= 11 is 0. The molecule has 0 spiro atoms. The Morgan fingerprint density at radius 2 is 1.30 bits per heavy atom. The van der Waals surface area contributed by atoms with Gasteiger partial charge in [0.2, 0.25) is 0 Å². The lowest BCUT2D eigenvalue weighted by molar-refractivity contribution is 0.497. The Bertz CT molecular complexity index is 564. The maximum Gasteiger partial charge on any atom is 0.322 e. The monoisotopic (exact) mass is 282 g/mol. The van der Waals surface area contributed by atoms with Crippen LogP contribution in [-0.2, 0) is 0 Å². The minimum Gasteiger partial charge on any atom is -0.436 e. The third kappa shape index (κ3) is 3.28. The predicted octanol–water partition coefficient (Wildman–Crippen LogP) is 5.30. The lowest BCUT2D eigenvalue weighted by atomic mass is 10.3. The number of allylic oxidation sites excluding steroid dienone is 4. The van der Waals surface area contributed by atoms with Gasteiger partial charge < -0.3 is 9.05 Å². The van der Waals surface area contributed by atoms with Gasteiger partial charge in [-0.05, 0) is 30.7 Å². The third-order valence-electron chi connectivity index (χ3n) is 2.85. The van der Waals surface area contributed by atoms with Crippen LogP contribution < -0.4 is 9.05 Å². The second kappa shape index (κ2) is 6.40. The summed E-state index contributed by atoms with van der Waals surface area (Å²) in [5, 5.41) is 1.19. The van der Waals surface area contributed by atoms with Crippen LogP contribution in [-0.4, -0.2) is 0 Å². The van der Waals surface area contributed by atoms with E-state index >= 15 is 0 Å². The Morgan fingerprint density at radius 1 is 0.750 bits per heavy atom. The summed E-state index contributed by atoms with van der Waals surface area (Å²) in [5.74, 6) is 1.67. The zero-order valence-electron chi connectivity index (χ0n) is 11.0. The van der Waals surface area contributed by atoms with E-state index in [4.69, 9.17) is 9.05 Å². The van der Waals surface area contributed by atoms with Crippen molar-refractivity contribution >= 4 is 8.38 Å². The molecule has 0 fully saturated rings. The Labute approximate surface area is 120 Å². The van der Waals surface area contributed by atoms with Crippen LogP contribution in [0.2, 0.25) is 0 Å². The van der Waals surface area contributed by atoms with E-state index in [1.54, 1.807) is 0 Å². The van der Waals surface area contributed by atoms with E-state index in [2.05, 4.69) is 12.2 Å². The van der Waals surface area contributed by atoms with Gasteiger partial charge in [0.25, 0.3) is 0 Å². The molecule has 0 saturated heterocycles. The summed E-state index contributed by atoms with van der Waals surface area (Å²) in [5.41, 5.74) is 0. The van der Waals surface area contributed by atoms with Crippen molar-refractivity contribution in [1.29, 1.82) is 0 Å². The molecule has 0 bridgehead atoms. The molecule has 2 aromatic carbocycles. The van der Waals surface area contributed by atoms with E-state index in [0.717, 1.165) is 17.9 Å². The first-order chi connectivity index (χ1) is 9.92. The van der Waals surface area contributed by atoms with Crippen LogP contribution in [0.15, 0.2) is 84.2 Å². The Kier molecular flexibility index (Phi) is 4.15. The lowest BCUT2D eigenvalue weighted by Gasteiger charge is -2.19. The number of hydrogen-bond acceptors (Lipinski definition) is 2. The second-order valence-corrected chi connectivity index (χ2v) is 5.81. The van der Waals surface area contributed by atoms with Crippen molar-refractivity contribution in [2.45, 2.75) is 6.42 Å². The molecule has 0 N–H and O–H groups in total. The fourth-order valence-corrected chi connectivity index (χ4v) is 3.22. The number of rotatable bonds is 5. The van der Waals surface area contributed by atoms with E-state index in [-0.39, 0.29) is 0 Å². The minimum absolute atomic E-state index is 0.836. The second-order valence-electron chi connectivity index (χ2n) is 4.36. The van der Waals surface area contributed by atoms with Crippen LogP contribution in [0.3, 0.4) is 0 Å². The number of benzene rings is 2. The zero-order valence-corrected chi connectivity index (χ0v) is 11.9. The quantitative estimate of drug-likeness (QED) is 0.693. The highest BCUT2D eigenvalue weighted by atomic mass is 31.2. The van der Waals surface area contributed by atoms with Crippen LogP contribution in [0, 0.1) is 0 Å². The Balaban J connectivity index is 1.77. The molecule has 0 atom stereocenters. The van der Waals surface area contributed by atoms with Crippen LogP contribution >= 0.6 is 8.38 Å². The SMILES string of the molecule is C1=CCC(P(Oc2ccccc2)Oc2ccccc2)=C1. The van der Waals surface area contributed by atoms with Crippen molar-refractivity contribution in [3.63, 3.8) is 0 Å². The topological polar surface area (TPSA) is 18.5 Å². The maximum atomic E-state index is 6.04. The summed E-state index contributed by atoms with van der Waals surface area (Å²) in [7, 11) is -1.12. The van der Waals surface area contributed by atoms with Gasteiger partial charge in [-0.25, -0.2) is 0 Å². The number of hydrogen-bond donors (Lipinski definition) is 0. The van der Waals surface area contributed by atoms with Crippen molar-refractivity contribution in [2.24, 2.45) is 0 Å². The highest BCUT2D eigenvalue weighted by Crippen LogP contribution is 2.50. The molecule has 2 aromatic rings. The molecule has 3 heteroatoms. The predicted molar refractivity (Wildman–Crippen MR) is 82.9 cm³/mol. The van der Waals surface area contributed by atoms with E-state index < -0.39 is 8.38 Å². The molecule has 0 aromatic heterocycles. The van der Waals surface area contributed by atoms with Crippen LogP contribution in [0.1, 0.15) is 6.42 Å². The summed E-state index contributed by atoms with van der Waals surface area (Å²) in [6.07, 6.45) is 7.14. The van der Waals surface area contributed by atoms with Gasteiger partial charge in [-0.3, -0.25) is 0 Å². The molecule has 100 valence electrons. The van der Waals surface area contributed by atoms with Crippen molar-refractivity contribution in [1.82, 2.24) is 0 Å². The normalized spacial score (nSPS) is 13.3. The minimum atomic E-state index is -1.12. The highest BCUT2D eigenvalue weighted by Gasteiger charge is 2.21. The largest absolute Gasteiger partial charge is 0.436 e. The molecule has 0 unspecified atom stereocenters. The first-order valence-electron chi connectivity index (χ1n) is 6.54.